The van der Waals surface area contributed by atoms with Crippen molar-refractivity contribution in [3.63, 3.8) is 0 Å². The maximum Gasteiger partial charge on any atom is 0.103 e. The summed E-state index contributed by atoms with van der Waals surface area (Å²) in [5.74, 6) is 3.86. The maximum absolute atomic E-state index is 15.1. The highest BCUT2D eigenvalue weighted by Crippen LogP contribution is 2.48. The molecule has 0 radical (unpaired) electrons. The summed E-state index contributed by atoms with van der Waals surface area (Å²) in [6.07, 6.45) is 11.5. The Labute approximate surface area is 170 Å². The van der Waals surface area contributed by atoms with Crippen LogP contribution >= 0.6 is 0 Å². The Morgan fingerprint density at radius 1 is 0.464 bits per heavy atom. The third kappa shape index (κ3) is 4.91. The fourth-order valence-corrected chi connectivity index (χ4v) is 7.55. The van der Waals surface area contributed by atoms with Gasteiger partial charge in [0.05, 0.1) is 0 Å². The second kappa shape index (κ2) is 9.29. The third-order valence-corrected chi connectivity index (χ3v) is 9.31. The van der Waals surface area contributed by atoms with Gasteiger partial charge < -0.3 is 0 Å². The topological polar surface area (TPSA) is 0 Å². The molecule has 0 heterocycles. The molecule has 0 aromatic heterocycles. The van der Waals surface area contributed by atoms with E-state index >= 15 is 4.39 Å². The van der Waals surface area contributed by atoms with Crippen LogP contribution in [0.25, 0.3) is 0 Å². The first-order chi connectivity index (χ1) is 13.5. The highest BCUT2D eigenvalue weighted by Gasteiger charge is 2.42. The maximum atomic E-state index is 15.1. The van der Waals surface area contributed by atoms with Gasteiger partial charge in [0.1, 0.15) is 18.5 Å². The van der Waals surface area contributed by atoms with Crippen LogP contribution in [-0.4, -0.2) is 18.5 Å². The highest BCUT2D eigenvalue weighted by molar-refractivity contribution is 4.92. The third-order valence-electron chi connectivity index (χ3n) is 9.31. The summed E-state index contributed by atoms with van der Waals surface area (Å²) in [7, 11) is 0. The minimum absolute atomic E-state index is 0.0337. The molecule has 0 spiro atoms. The number of alkyl halides is 3. The van der Waals surface area contributed by atoms with Gasteiger partial charge in [0.15, 0.2) is 0 Å². The number of halogens is 3. The SMILES string of the molecule is CC1CCC(C2CCC(C3CCC(C4CC(F)CC(F)C4)C(F)C3)CC2)CC1. The molecule has 4 fully saturated rings. The fraction of sp³-hybridized carbons (Fsp3) is 1.00. The van der Waals surface area contributed by atoms with E-state index in [-0.39, 0.29) is 18.3 Å². The lowest BCUT2D eigenvalue weighted by Gasteiger charge is -2.44. The highest BCUT2D eigenvalue weighted by atomic mass is 19.1. The molecule has 0 N–H and O–H groups in total. The van der Waals surface area contributed by atoms with Crippen molar-refractivity contribution in [2.45, 2.75) is 115 Å². The van der Waals surface area contributed by atoms with Crippen molar-refractivity contribution in [2.75, 3.05) is 0 Å². The van der Waals surface area contributed by atoms with Crippen molar-refractivity contribution in [1.29, 1.82) is 0 Å². The van der Waals surface area contributed by atoms with Crippen molar-refractivity contribution < 1.29 is 13.2 Å². The molecule has 0 amide bonds. The van der Waals surface area contributed by atoms with Crippen molar-refractivity contribution in [2.24, 2.45) is 41.4 Å². The Kier molecular flexibility index (Phi) is 6.98. The van der Waals surface area contributed by atoms with Crippen molar-refractivity contribution >= 4 is 0 Å². The molecule has 3 heteroatoms. The van der Waals surface area contributed by atoms with Crippen LogP contribution in [0.2, 0.25) is 0 Å². The first-order valence-electron chi connectivity index (χ1n) is 12.4. The average Bonchev–Trinajstić information content (AvgIpc) is 2.68. The first kappa shape index (κ1) is 21.0. The molecule has 162 valence electrons. The standard InChI is InChI=1S/C25H41F3/c1-16-2-4-17(5-3-16)18-6-8-19(9-7-18)20-10-11-24(25(28)14-20)21-12-22(26)15-23(27)13-21/h16-25H,2-15H2,1H3. The van der Waals surface area contributed by atoms with Gasteiger partial charge in [0.25, 0.3) is 0 Å². The van der Waals surface area contributed by atoms with Crippen LogP contribution in [0.4, 0.5) is 13.2 Å². The molecular weight excluding hydrogens is 357 g/mol. The van der Waals surface area contributed by atoms with Crippen molar-refractivity contribution in [3.05, 3.63) is 0 Å². The van der Waals surface area contributed by atoms with Gasteiger partial charge in [0, 0.05) is 6.42 Å². The number of hydrogen-bond acceptors (Lipinski definition) is 0. The molecule has 4 rings (SSSR count). The van der Waals surface area contributed by atoms with Crippen molar-refractivity contribution in [1.82, 2.24) is 0 Å². The first-order valence-corrected chi connectivity index (χ1v) is 12.4. The van der Waals surface area contributed by atoms with Gasteiger partial charge in [-0.2, -0.15) is 0 Å². The van der Waals surface area contributed by atoms with E-state index in [4.69, 9.17) is 0 Å². The molecule has 4 aliphatic rings. The predicted molar refractivity (Wildman–Crippen MR) is 109 cm³/mol. The molecule has 0 bridgehead atoms. The van der Waals surface area contributed by atoms with Gasteiger partial charge in [0.2, 0.25) is 0 Å². The Hall–Kier alpha value is -0.210. The van der Waals surface area contributed by atoms with E-state index in [1.165, 1.54) is 51.4 Å². The summed E-state index contributed by atoms with van der Waals surface area (Å²) in [6.45, 7) is 2.39. The summed E-state index contributed by atoms with van der Waals surface area (Å²) in [6, 6.07) is 0. The van der Waals surface area contributed by atoms with E-state index < -0.39 is 18.5 Å². The molecule has 0 aromatic rings. The van der Waals surface area contributed by atoms with Crippen LogP contribution in [0.3, 0.4) is 0 Å². The van der Waals surface area contributed by atoms with Gasteiger partial charge in [-0.1, -0.05) is 19.8 Å². The van der Waals surface area contributed by atoms with Gasteiger partial charge in [-0.15, -0.1) is 0 Å². The van der Waals surface area contributed by atoms with Crippen LogP contribution in [0.1, 0.15) is 96.8 Å². The second-order valence-electron chi connectivity index (χ2n) is 11.1. The molecular formula is C25H41F3. The molecule has 0 nitrogen and oxygen atoms in total. The Bertz CT molecular complexity index is 468. The van der Waals surface area contributed by atoms with E-state index in [9.17, 15) is 8.78 Å². The normalized spacial score (nSPS) is 51.0. The van der Waals surface area contributed by atoms with Crippen molar-refractivity contribution in [3.8, 4) is 0 Å². The fourth-order valence-electron chi connectivity index (χ4n) is 7.55. The van der Waals surface area contributed by atoms with Gasteiger partial charge in [-0.05, 0) is 112 Å². The molecule has 0 aliphatic heterocycles. The number of hydrogen-bond donors (Lipinski definition) is 0. The molecule has 5 atom stereocenters. The molecule has 5 unspecified atom stereocenters. The minimum Gasteiger partial charge on any atom is -0.247 e. The Morgan fingerprint density at radius 2 is 0.929 bits per heavy atom. The Morgan fingerprint density at radius 3 is 1.46 bits per heavy atom. The van der Waals surface area contributed by atoms with E-state index in [0.29, 0.717) is 31.1 Å². The predicted octanol–water partition coefficient (Wildman–Crippen LogP) is 7.85. The molecule has 28 heavy (non-hydrogen) atoms. The second-order valence-corrected chi connectivity index (χ2v) is 11.1. The van der Waals surface area contributed by atoms with Crippen LogP contribution < -0.4 is 0 Å². The zero-order chi connectivity index (χ0) is 19.7. The number of rotatable bonds is 3. The van der Waals surface area contributed by atoms with E-state index in [1.54, 1.807) is 0 Å². The summed E-state index contributed by atoms with van der Waals surface area (Å²) in [5, 5.41) is 0. The summed E-state index contributed by atoms with van der Waals surface area (Å²) >= 11 is 0. The summed E-state index contributed by atoms with van der Waals surface area (Å²) in [4.78, 5) is 0. The lowest BCUT2D eigenvalue weighted by atomic mass is 9.63. The largest absolute Gasteiger partial charge is 0.247 e. The summed E-state index contributed by atoms with van der Waals surface area (Å²) in [5.41, 5.74) is 0. The van der Waals surface area contributed by atoms with Gasteiger partial charge in [-0.3, -0.25) is 0 Å². The van der Waals surface area contributed by atoms with Crippen LogP contribution in [-0.2, 0) is 0 Å². The van der Waals surface area contributed by atoms with E-state index in [1.807, 2.05) is 0 Å². The molecule has 4 aliphatic carbocycles. The van der Waals surface area contributed by atoms with Gasteiger partial charge >= 0.3 is 0 Å². The zero-order valence-electron chi connectivity index (χ0n) is 17.8. The summed E-state index contributed by atoms with van der Waals surface area (Å²) < 4.78 is 42.6. The smallest absolute Gasteiger partial charge is 0.103 e. The lowest BCUT2D eigenvalue weighted by Crippen LogP contribution is -2.39. The van der Waals surface area contributed by atoms with Crippen LogP contribution in [0, 0.1) is 41.4 Å². The molecule has 0 saturated heterocycles. The molecule has 0 aromatic carbocycles. The molecule has 4 saturated carbocycles. The Balaban J connectivity index is 1.24. The lowest BCUT2D eigenvalue weighted by molar-refractivity contribution is 0.00695. The quantitative estimate of drug-likeness (QED) is 0.454. The monoisotopic (exact) mass is 398 g/mol. The van der Waals surface area contributed by atoms with Crippen LogP contribution in [0.15, 0.2) is 0 Å². The van der Waals surface area contributed by atoms with Crippen LogP contribution in [0.5, 0.6) is 0 Å². The van der Waals surface area contributed by atoms with Gasteiger partial charge in [-0.25, -0.2) is 13.2 Å². The zero-order valence-corrected chi connectivity index (χ0v) is 17.8. The minimum atomic E-state index is -1.06. The average molecular weight is 399 g/mol. The van der Waals surface area contributed by atoms with E-state index in [0.717, 1.165) is 30.6 Å². The van der Waals surface area contributed by atoms with E-state index in [2.05, 4.69) is 6.92 Å².